The molecule has 0 aliphatic carbocycles. The lowest BCUT2D eigenvalue weighted by atomic mass is 9.99. The average molecular weight is 357 g/mol. The minimum Gasteiger partial charge on any atom is -0.406 e. The Labute approximate surface area is 142 Å². The van der Waals surface area contributed by atoms with Gasteiger partial charge in [-0.25, -0.2) is 0 Å². The molecule has 6 nitrogen and oxygen atoms in total. The monoisotopic (exact) mass is 357 g/mol. The lowest BCUT2D eigenvalue weighted by Crippen LogP contribution is -2.33. The summed E-state index contributed by atoms with van der Waals surface area (Å²) in [5.74, 6) is 0.329. The summed E-state index contributed by atoms with van der Waals surface area (Å²) >= 11 is 0. The van der Waals surface area contributed by atoms with Crippen molar-refractivity contribution in [1.82, 2.24) is 10.1 Å². The van der Waals surface area contributed by atoms with Crippen molar-refractivity contribution in [2.45, 2.75) is 32.7 Å². The van der Waals surface area contributed by atoms with Crippen LogP contribution in [0.25, 0.3) is 11.3 Å². The van der Waals surface area contributed by atoms with Crippen LogP contribution in [0.1, 0.15) is 25.5 Å². The maximum absolute atomic E-state index is 12.2. The largest absolute Gasteiger partial charge is 0.573 e. The van der Waals surface area contributed by atoms with E-state index in [4.69, 9.17) is 4.63 Å². The van der Waals surface area contributed by atoms with E-state index < -0.39 is 6.36 Å². The topological polar surface area (TPSA) is 65.4 Å². The van der Waals surface area contributed by atoms with Gasteiger partial charge in [-0.2, -0.15) is 0 Å². The molecule has 1 aromatic carbocycles. The Bertz CT molecular complexity index is 708. The van der Waals surface area contributed by atoms with Crippen LogP contribution in [0.15, 0.2) is 28.9 Å². The minimum atomic E-state index is -4.76. The highest BCUT2D eigenvalue weighted by molar-refractivity contribution is 5.59. The van der Waals surface area contributed by atoms with Gasteiger partial charge in [-0.3, -0.25) is 9.53 Å². The zero-order valence-electron chi connectivity index (χ0n) is 13.6. The molecule has 1 aliphatic heterocycles. The standard InChI is InChI=1S/C16H18F3N3O3/c1-11-6-8-21(9-7-11)10-14-15(22(23)25-20-14)12-2-4-13(5-3-12)24-16(17,18)19/h2-5,11H,6-10H2,1H3. The summed E-state index contributed by atoms with van der Waals surface area (Å²) in [5, 5.41) is 15.7. The molecule has 1 aliphatic rings. The Hall–Kier alpha value is -2.29. The molecule has 3 rings (SSSR count). The molecule has 136 valence electrons. The highest BCUT2D eigenvalue weighted by Crippen LogP contribution is 2.27. The summed E-state index contributed by atoms with van der Waals surface area (Å²) in [5.41, 5.74) is 1.09. The van der Waals surface area contributed by atoms with Gasteiger partial charge in [0.05, 0.1) is 6.54 Å². The van der Waals surface area contributed by atoms with E-state index in [1.807, 2.05) is 0 Å². The smallest absolute Gasteiger partial charge is 0.406 e. The van der Waals surface area contributed by atoms with Crippen LogP contribution in [0.4, 0.5) is 13.2 Å². The predicted molar refractivity (Wildman–Crippen MR) is 81.3 cm³/mol. The van der Waals surface area contributed by atoms with E-state index in [-0.39, 0.29) is 16.3 Å². The Morgan fingerprint density at radius 3 is 2.52 bits per heavy atom. The van der Waals surface area contributed by atoms with Gasteiger partial charge in [0.1, 0.15) is 5.75 Å². The summed E-state index contributed by atoms with van der Waals surface area (Å²) < 4.78 is 45.2. The normalized spacial score (nSPS) is 17.0. The van der Waals surface area contributed by atoms with Crippen molar-refractivity contribution in [1.29, 1.82) is 0 Å². The highest BCUT2D eigenvalue weighted by atomic mass is 19.4. The number of halogens is 3. The second kappa shape index (κ2) is 6.91. The van der Waals surface area contributed by atoms with Gasteiger partial charge in [-0.05, 0) is 61.0 Å². The number of piperidine rings is 1. The van der Waals surface area contributed by atoms with Gasteiger partial charge >= 0.3 is 6.36 Å². The van der Waals surface area contributed by atoms with Gasteiger partial charge < -0.3 is 9.94 Å². The first-order valence-electron chi connectivity index (χ1n) is 7.99. The molecule has 0 atom stereocenters. The molecule has 9 heteroatoms. The fourth-order valence-electron chi connectivity index (χ4n) is 2.90. The molecular formula is C16H18F3N3O3. The third-order valence-corrected chi connectivity index (χ3v) is 4.29. The van der Waals surface area contributed by atoms with Gasteiger partial charge in [0.15, 0.2) is 0 Å². The second-order valence-electron chi connectivity index (χ2n) is 6.26. The fraction of sp³-hybridized carbons (Fsp3) is 0.500. The highest BCUT2D eigenvalue weighted by Gasteiger charge is 2.31. The Balaban J connectivity index is 1.77. The van der Waals surface area contributed by atoms with Crippen LogP contribution in [-0.4, -0.2) is 29.5 Å². The number of nitrogens with zero attached hydrogens (tertiary/aromatic N) is 3. The van der Waals surface area contributed by atoms with E-state index in [0.29, 0.717) is 23.7 Å². The third-order valence-electron chi connectivity index (χ3n) is 4.29. The van der Waals surface area contributed by atoms with E-state index in [2.05, 4.69) is 21.7 Å². The van der Waals surface area contributed by atoms with Gasteiger partial charge in [0.25, 0.3) is 0 Å². The SMILES string of the molecule is CC1CCN(Cc2no[n+]([O-])c2-c2ccc(OC(F)(F)F)cc2)CC1. The molecule has 0 radical (unpaired) electrons. The Morgan fingerprint density at radius 2 is 1.92 bits per heavy atom. The Morgan fingerprint density at radius 1 is 1.28 bits per heavy atom. The van der Waals surface area contributed by atoms with Gasteiger partial charge in [-0.15, -0.1) is 13.2 Å². The van der Waals surface area contributed by atoms with Gasteiger partial charge in [-0.1, -0.05) is 6.92 Å². The van der Waals surface area contributed by atoms with Crippen molar-refractivity contribution < 1.29 is 27.4 Å². The maximum atomic E-state index is 12.2. The van der Waals surface area contributed by atoms with Crippen LogP contribution in [0.2, 0.25) is 0 Å². The molecule has 0 saturated carbocycles. The number of aromatic nitrogens is 2. The summed E-state index contributed by atoms with van der Waals surface area (Å²) in [7, 11) is 0. The van der Waals surface area contributed by atoms with Crippen molar-refractivity contribution in [3.05, 3.63) is 35.2 Å². The van der Waals surface area contributed by atoms with Crippen LogP contribution >= 0.6 is 0 Å². The first-order valence-corrected chi connectivity index (χ1v) is 7.99. The quantitative estimate of drug-likeness (QED) is 0.787. The fourth-order valence-corrected chi connectivity index (χ4v) is 2.90. The molecule has 0 N–H and O–H groups in total. The van der Waals surface area contributed by atoms with Crippen molar-refractivity contribution in [2.24, 2.45) is 5.92 Å². The molecule has 0 spiro atoms. The third kappa shape index (κ3) is 4.41. The molecule has 1 fully saturated rings. The molecule has 0 unspecified atom stereocenters. The zero-order valence-corrected chi connectivity index (χ0v) is 13.6. The van der Waals surface area contributed by atoms with Gasteiger partial charge in [0.2, 0.25) is 11.4 Å². The van der Waals surface area contributed by atoms with Crippen molar-refractivity contribution in [2.75, 3.05) is 13.1 Å². The second-order valence-corrected chi connectivity index (χ2v) is 6.26. The lowest BCUT2D eigenvalue weighted by molar-refractivity contribution is -0.793. The van der Waals surface area contributed by atoms with Crippen molar-refractivity contribution >= 4 is 0 Å². The number of hydrogen-bond donors (Lipinski definition) is 0. The molecule has 2 heterocycles. The summed E-state index contributed by atoms with van der Waals surface area (Å²) in [6.07, 6.45) is -2.60. The number of alkyl halides is 3. The summed E-state index contributed by atoms with van der Waals surface area (Å²) in [6, 6.07) is 5.07. The van der Waals surface area contributed by atoms with E-state index in [1.54, 1.807) is 0 Å². The number of ether oxygens (including phenoxy) is 1. The van der Waals surface area contributed by atoms with Crippen LogP contribution in [-0.2, 0) is 6.54 Å². The molecule has 1 saturated heterocycles. The van der Waals surface area contributed by atoms with Crippen LogP contribution in [0, 0.1) is 11.1 Å². The van der Waals surface area contributed by atoms with E-state index in [9.17, 15) is 18.4 Å². The van der Waals surface area contributed by atoms with E-state index in [0.717, 1.165) is 38.1 Å². The van der Waals surface area contributed by atoms with E-state index >= 15 is 0 Å². The summed E-state index contributed by atoms with van der Waals surface area (Å²) in [4.78, 5) is 2.46. The first-order chi connectivity index (χ1) is 11.8. The molecule has 2 aromatic rings. The van der Waals surface area contributed by atoms with Crippen molar-refractivity contribution in [3.63, 3.8) is 0 Å². The average Bonchev–Trinajstić information content (AvgIpc) is 2.90. The molecule has 0 amide bonds. The van der Waals surface area contributed by atoms with Crippen molar-refractivity contribution in [3.8, 4) is 17.0 Å². The predicted octanol–water partition coefficient (Wildman–Crippen LogP) is 3.11. The lowest BCUT2D eigenvalue weighted by Gasteiger charge is -2.28. The maximum Gasteiger partial charge on any atom is 0.573 e. The van der Waals surface area contributed by atoms with Crippen LogP contribution in [0.3, 0.4) is 0 Å². The number of rotatable bonds is 4. The van der Waals surface area contributed by atoms with Gasteiger partial charge in [0, 0.05) is 10.7 Å². The minimum absolute atomic E-state index is 0.206. The molecule has 0 bridgehead atoms. The molecule has 1 aromatic heterocycles. The van der Waals surface area contributed by atoms with Crippen LogP contribution in [0.5, 0.6) is 5.75 Å². The zero-order chi connectivity index (χ0) is 18.0. The first kappa shape index (κ1) is 17.5. The molecular weight excluding hydrogens is 339 g/mol. The summed E-state index contributed by atoms with van der Waals surface area (Å²) in [6.45, 7) is 4.48. The number of likely N-dealkylation sites (tertiary alicyclic amines) is 1. The van der Waals surface area contributed by atoms with E-state index in [1.165, 1.54) is 12.1 Å². The number of benzene rings is 1. The van der Waals surface area contributed by atoms with Crippen LogP contribution < -0.4 is 9.64 Å². The number of hydrogen-bond acceptors (Lipinski definition) is 5. The molecule has 25 heavy (non-hydrogen) atoms. The Kier molecular flexibility index (Phi) is 4.85.